The number of halogens is 1. The molecule has 1 aromatic carbocycles. The molecule has 144 valence electrons. The predicted octanol–water partition coefficient (Wildman–Crippen LogP) is 2.55. The zero-order valence-electron chi connectivity index (χ0n) is 15.2. The largest absolute Gasteiger partial charge is 0.495 e. The standard InChI is InChI=1S/C19H23ClN4O3/c1-26-17-4-3-15(20)12-16(17)23-18-5-2-14(13-22-18)19(25)21-6-7-24-8-10-27-11-9-24/h2-5,12-13H,6-11H2,1H3,(H,21,25)(H,22,23). The molecule has 3 rings (SSSR count). The molecular formula is C19H23ClN4O3. The van der Waals surface area contributed by atoms with Crippen molar-refractivity contribution in [1.29, 1.82) is 0 Å². The molecular weight excluding hydrogens is 368 g/mol. The van der Waals surface area contributed by atoms with Gasteiger partial charge in [-0.15, -0.1) is 0 Å². The fourth-order valence-corrected chi connectivity index (χ4v) is 2.94. The van der Waals surface area contributed by atoms with E-state index >= 15 is 0 Å². The molecule has 1 fully saturated rings. The Kier molecular flexibility index (Phi) is 6.86. The zero-order chi connectivity index (χ0) is 19.1. The Morgan fingerprint density at radius 3 is 2.81 bits per heavy atom. The van der Waals surface area contributed by atoms with Crippen molar-refractivity contribution in [3.8, 4) is 5.75 Å². The SMILES string of the molecule is COc1ccc(Cl)cc1Nc1ccc(C(=O)NCCN2CCOCC2)cn1. The van der Waals surface area contributed by atoms with E-state index in [0.717, 1.165) is 32.8 Å². The third-order valence-corrected chi connectivity index (χ3v) is 4.50. The van der Waals surface area contributed by atoms with E-state index < -0.39 is 0 Å². The van der Waals surface area contributed by atoms with Gasteiger partial charge in [0.25, 0.3) is 5.91 Å². The number of rotatable bonds is 7. The van der Waals surface area contributed by atoms with Crippen LogP contribution in [0.2, 0.25) is 5.02 Å². The van der Waals surface area contributed by atoms with E-state index in [4.69, 9.17) is 21.1 Å². The molecule has 1 aliphatic heterocycles. The maximum absolute atomic E-state index is 12.2. The van der Waals surface area contributed by atoms with E-state index in [1.807, 2.05) is 0 Å². The maximum atomic E-state index is 12.2. The first kappa shape index (κ1) is 19.4. The number of morpholine rings is 1. The topological polar surface area (TPSA) is 75.7 Å². The van der Waals surface area contributed by atoms with Crippen LogP contribution in [-0.2, 0) is 4.74 Å². The van der Waals surface area contributed by atoms with Crippen molar-refractivity contribution in [2.45, 2.75) is 0 Å². The molecule has 1 aromatic heterocycles. The van der Waals surface area contributed by atoms with Crippen LogP contribution in [-0.4, -0.2) is 62.3 Å². The highest BCUT2D eigenvalue weighted by molar-refractivity contribution is 6.31. The van der Waals surface area contributed by atoms with Crippen molar-refractivity contribution >= 4 is 29.0 Å². The van der Waals surface area contributed by atoms with Crippen molar-refractivity contribution < 1.29 is 14.3 Å². The van der Waals surface area contributed by atoms with Gasteiger partial charge in [-0.2, -0.15) is 0 Å². The lowest BCUT2D eigenvalue weighted by Gasteiger charge is -2.26. The minimum atomic E-state index is -0.136. The number of pyridine rings is 1. The molecule has 0 saturated carbocycles. The van der Waals surface area contributed by atoms with Gasteiger partial charge in [-0.1, -0.05) is 11.6 Å². The van der Waals surface area contributed by atoms with Gasteiger partial charge < -0.3 is 20.1 Å². The Balaban J connectivity index is 1.53. The number of hydrogen-bond acceptors (Lipinski definition) is 6. The van der Waals surface area contributed by atoms with Crippen LogP contribution in [0.3, 0.4) is 0 Å². The Labute approximate surface area is 163 Å². The van der Waals surface area contributed by atoms with Gasteiger partial charge in [-0.25, -0.2) is 4.98 Å². The molecule has 2 heterocycles. The van der Waals surface area contributed by atoms with Crippen molar-refractivity contribution in [1.82, 2.24) is 15.2 Å². The smallest absolute Gasteiger partial charge is 0.252 e. The molecule has 2 aromatic rings. The fourth-order valence-electron chi connectivity index (χ4n) is 2.77. The molecule has 1 saturated heterocycles. The number of carbonyl (C=O) groups is 1. The molecule has 1 amide bonds. The minimum Gasteiger partial charge on any atom is -0.495 e. The molecule has 2 N–H and O–H groups in total. The molecule has 27 heavy (non-hydrogen) atoms. The Morgan fingerprint density at radius 1 is 1.30 bits per heavy atom. The molecule has 0 radical (unpaired) electrons. The summed E-state index contributed by atoms with van der Waals surface area (Å²) >= 11 is 6.03. The van der Waals surface area contributed by atoms with E-state index in [9.17, 15) is 4.79 Å². The average Bonchev–Trinajstić information content (AvgIpc) is 2.69. The fraction of sp³-hybridized carbons (Fsp3) is 0.368. The summed E-state index contributed by atoms with van der Waals surface area (Å²) in [6.45, 7) is 4.73. The summed E-state index contributed by atoms with van der Waals surface area (Å²) in [6, 6.07) is 8.77. The van der Waals surface area contributed by atoms with E-state index in [1.165, 1.54) is 0 Å². The molecule has 7 nitrogen and oxygen atoms in total. The molecule has 0 spiro atoms. The molecule has 0 bridgehead atoms. The van der Waals surface area contributed by atoms with Crippen molar-refractivity contribution in [2.24, 2.45) is 0 Å². The number of hydrogen-bond donors (Lipinski definition) is 2. The third kappa shape index (κ3) is 5.56. The first-order valence-electron chi connectivity index (χ1n) is 8.80. The van der Waals surface area contributed by atoms with Crippen LogP contribution >= 0.6 is 11.6 Å². The van der Waals surface area contributed by atoms with E-state index in [2.05, 4.69) is 20.5 Å². The van der Waals surface area contributed by atoms with E-state index in [0.29, 0.717) is 34.4 Å². The normalized spacial score (nSPS) is 14.6. The van der Waals surface area contributed by atoms with E-state index in [-0.39, 0.29) is 5.91 Å². The summed E-state index contributed by atoms with van der Waals surface area (Å²) < 4.78 is 10.6. The number of amides is 1. The van der Waals surface area contributed by atoms with Gasteiger partial charge in [0.15, 0.2) is 0 Å². The van der Waals surface area contributed by atoms with Crippen LogP contribution in [0.4, 0.5) is 11.5 Å². The lowest BCUT2D eigenvalue weighted by molar-refractivity contribution is 0.0383. The van der Waals surface area contributed by atoms with Gasteiger partial charge in [0.05, 0.1) is 31.6 Å². The maximum Gasteiger partial charge on any atom is 0.252 e. The number of carbonyl (C=O) groups excluding carboxylic acids is 1. The van der Waals surface area contributed by atoms with Gasteiger partial charge in [-0.05, 0) is 30.3 Å². The summed E-state index contributed by atoms with van der Waals surface area (Å²) in [5.74, 6) is 1.12. The summed E-state index contributed by atoms with van der Waals surface area (Å²) in [5.41, 5.74) is 1.22. The number of aromatic nitrogens is 1. The summed E-state index contributed by atoms with van der Waals surface area (Å²) in [5, 5.41) is 6.66. The zero-order valence-corrected chi connectivity index (χ0v) is 16.0. The average molecular weight is 391 g/mol. The summed E-state index contributed by atoms with van der Waals surface area (Å²) in [4.78, 5) is 18.8. The highest BCUT2D eigenvalue weighted by Crippen LogP contribution is 2.29. The number of benzene rings is 1. The van der Waals surface area contributed by atoms with Crippen molar-refractivity contribution in [2.75, 3.05) is 51.8 Å². The van der Waals surface area contributed by atoms with Gasteiger partial charge in [0, 0.05) is 37.4 Å². The molecule has 0 aliphatic carbocycles. The van der Waals surface area contributed by atoms with Crippen molar-refractivity contribution in [3.63, 3.8) is 0 Å². The summed E-state index contributed by atoms with van der Waals surface area (Å²) in [6.07, 6.45) is 1.55. The Bertz CT molecular complexity index is 764. The summed E-state index contributed by atoms with van der Waals surface area (Å²) in [7, 11) is 1.59. The second-order valence-electron chi connectivity index (χ2n) is 6.11. The molecule has 8 heteroatoms. The van der Waals surface area contributed by atoms with Gasteiger partial charge >= 0.3 is 0 Å². The number of methoxy groups -OCH3 is 1. The predicted molar refractivity (Wildman–Crippen MR) is 105 cm³/mol. The second-order valence-corrected chi connectivity index (χ2v) is 6.55. The van der Waals surface area contributed by atoms with E-state index in [1.54, 1.807) is 43.6 Å². The molecule has 0 atom stereocenters. The lowest BCUT2D eigenvalue weighted by atomic mass is 10.2. The second kappa shape index (κ2) is 9.55. The number of ether oxygens (including phenoxy) is 2. The molecule has 0 unspecified atom stereocenters. The first-order chi connectivity index (χ1) is 13.2. The van der Waals surface area contributed by atoms with Gasteiger partial charge in [0.2, 0.25) is 0 Å². The van der Waals surface area contributed by atoms with Gasteiger partial charge in [-0.3, -0.25) is 9.69 Å². The number of nitrogens with zero attached hydrogens (tertiary/aromatic N) is 2. The van der Waals surface area contributed by atoms with Crippen LogP contribution in [0.1, 0.15) is 10.4 Å². The Morgan fingerprint density at radius 2 is 2.11 bits per heavy atom. The highest BCUT2D eigenvalue weighted by atomic mass is 35.5. The van der Waals surface area contributed by atoms with Crippen LogP contribution in [0.15, 0.2) is 36.5 Å². The lowest BCUT2D eigenvalue weighted by Crippen LogP contribution is -2.41. The van der Waals surface area contributed by atoms with Gasteiger partial charge in [0.1, 0.15) is 11.6 Å². The molecule has 1 aliphatic rings. The van der Waals surface area contributed by atoms with Crippen molar-refractivity contribution in [3.05, 3.63) is 47.1 Å². The van der Waals surface area contributed by atoms with Crippen LogP contribution < -0.4 is 15.4 Å². The first-order valence-corrected chi connectivity index (χ1v) is 9.18. The van der Waals surface area contributed by atoms with Crippen LogP contribution in [0.25, 0.3) is 0 Å². The van der Waals surface area contributed by atoms with Crippen LogP contribution in [0, 0.1) is 0 Å². The number of anilines is 2. The number of nitrogens with one attached hydrogen (secondary N) is 2. The monoisotopic (exact) mass is 390 g/mol. The highest BCUT2D eigenvalue weighted by Gasteiger charge is 2.11. The third-order valence-electron chi connectivity index (χ3n) is 4.27. The minimum absolute atomic E-state index is 0.136. The Hall–Kier alpha value is -2.35. The van der Waals surface area contributed by atoms with Crippen LogP contribution in [0.5, 0.6) is 5.75 Å². The quantitative estimate of drug-likeness (QED) is 0.756.